The Bertz CT molecular complexity index is 931. The first-order chi connectivity index (χ1) is 11.5. The molecule has 1 N–H and O–H groups in total. The van der Waals surface area contributed by atoms with Crippen molar-refractivity contribution in [2.45, 2.75) is 11.8 Å². The molecule has 5 nitrogen and oxygen atoms in total. The van der Waals surface area contributed by atoms with E-state index in [0.717, 1.165) is 16.8 Å². The van der Waals surface area contributed by atoms with Crippen LogP contribution >= 0.6 is 11.3 Å². The van der Waals surface area contributed by atoms with Crippen LogP contribution in [0.15, 0.2) is 58.8 Å². The predicted molar refractivity (Wildman–Crippen MR) is 96.1 cm³/mol. The topological polar surface area (TPSA) is 68.3 Å². The van der Waals surface area contributed by atoms with Crippen LogP contribution < -0.4 is 9.46 Å². The Morgan fingerprint density at radius 1 is 1.04 bits per heavy atom. The molecule has 3 aromatic rings. The maximum atomic E-state index is 12.4. The number of thiazole rings is 1. The largest absolute Gasteiger partial charge is 0.497 e. The molecule has 0 radical (unpaired) electrons. The number of methoxy groups -OCH3 is 1. The fourth-order valence-electron chi connectivity index (χ4n) is 2.11. The van der Waals surface area contributed by atoms with Crippen LogP contribution in [0, 0.1) is 6.92 Å². The Hall–Kier alpha value is -2.38. The summed E-state index contributed by atoms with van der Waals surface area (Å²) in [4.78, 5) is 4.52. The molecule has 124 valence electrons. The van der Waals surface area contributed by atoms with E-state index < -0.39 is 10.0 Å². The highest BCUT2D eigenvalue weighted by atomic mass is 32.2. The standard InChI is InChI=1S/C17H16N2O3S2/c1-12-3-5-13(6-4-12)16-11-23-17(18-16)19-24(20,21)15-9-7-14(22-2)8-10-15/h3-11H,1-2H3,(H,18,19). The molecule has 1 aromatic heterocycles. The Morgan fingerprint density at radius 2 is 1.71 bits per heavy atom. The zero-order chi connectivity index (χ0) is 17.2. The lowest BCUT2D eigenvalue weighted by molar-refractivity contribution is 0.414. The smallest absolute Gasteiger partial charge is 0.263 e. The Morgan fingerprint density at radius 3 is 2.33 bits per heavy atom. The number of nitrogens with zero attached hydrogens (tertiary/aromatic N) is 1. The van der Waals surface area contributed by atoms with Crippen molar-refractivity contribution in [3.8, 4) is 17.0 Å². The van der Waals surface area contributed by atoms with Gasteiger partial charge in [-0.05, 0) is 31.2 Å². The van der Waals surface area contributed by atoms with Gasteiger partial charge >= 0.3 is 0 Å². The predicted octanol–water partition coefficient (Wildman–Crippen LogP) is 3.93. The Labute approximate surface area is 145 Å². The molecular weight excluding hydrogens is 344 g/mol. The van der Waals surface area contributed by atoms with Crippen molar-refractivity contribution in [2.75, 3.05) is 11.8 Å². The summed E-state index contributed by atoms with van der Waals surface area (Å²) in [6.07, 6.45) is 0. The number of aryl methyl sites for hydroxylation is 1. The summed E-state index contributed by atoms with van der Waals surface area (Å²) in [5.74, 6) is 0.602. The molecule has 0 saturated heterocycles. The van der Waals surface area contributed by atoms with Gasteiger partial charge in [-0.1, -0.05) is 29.8 Å². The quantitative estimate of drug-likeness (QED) is 0.748. The second-order valence-corrected chi connectivity index (χ2v) is 7.73. The number of ether oxygens (including phenoxy) is 1. The third-order valence-electron chi connectivity index (χ3n) is 3.44. The molecule has 7 heteroatoms. The van der Waals surface area contributed by atoms with Gasteiger partial charge in [-0.15, -0.1) is 11.3 Å². The Kier molecular flexibility index (Phi) is 4.55. The van der Waals surface area contributed by atoms with Crippen LogP contribution in [-0.2, 0) is 10.0 Å². The van der Waals surface area contributed by atoms with E-state index in [1.165, 1.54) is 30.6 Å². The molecule has 0 bridgehead atoms. The van der Waals surface area contributed by atoms with Crippen LogP contribution in [0.3, 0.4) is 0 Å². The summed E-state index contributed by atoms with van der Waals surface area (Å²) >= 11 is 1.25. The molecule has 1 heterocycles. The van der Waals surface area contributed by atoms with E-state index >= 15 is 0 Å². The molecule has 0 fully saturated rings. The average molecular weight is 360 g/mol. The molecule has 0 unspecified atom stereocenters. The second kappa shape index (κ2) is 6.62. The van der Waals surface area contributed by atoms with Crippen LogP contribution in [-0.4, -0.2) is 20.5 Å². The molecule has 3 rings (SSSR count). The number of hydrogen-bond donors (Lipinski definition) is 1. The van der Waals surface area contributed by atoms with Crippen molar-refractivity contribution >= 4 is 26.5 Å². The highest BCUT2D eigenvalue weighted by Crippen LogP contribution is 2.27. The average Bonchev–Trinajstić information content (AvgIpc) is 3.03. The van der Waals surface area contributed by atoms with E-state index in [9.17, 15) is 8.42 Å². The van der Waals surface area contributed by atoms with E-state index in [2.05, 4.69) is 9.71 Å². The van der Waals surface area contributed by atoms with E-state index in [1.54, 1.807) is 12.1 Å². The lowest BCUT2D eigenvalue weighted by atomic mass is 10.1. The number of rotatable bonds is 5. The van der Waals surface area contributed by atoms with Gasteiger partial charge in [-0.25, -0.2) is 13.4 Å². The lowest BCUT2D eigenvalue weighted by Crippen LogP contribution is -2.12. The van der Waals surface area contributed by atoms with Gasteiger partial charge in [0, 0.05) is 10.9 Å². The van der Waals surface area contributed by atoms with Crippen molar-refractivity contribution in [3.05, 3.63) is 59.5 Å². The van der Waals surface area contributed by atoms with Crippen molar-refractivity contribution in [2.24, 2.45) is 0 Å². The third-order valence-corrected chi connectivity index (χ3v) is 5.68. The summed E-state index contributed by atoms with van der Waals surface area (Å²) in [7, 11) is -2.14. The van der Waals surface area contributed by atoms with Crippen LogP contribution in [0.1, 0.15) is 5.56 Å². The molecule has 0 atom stereocenters. The van der Waals surface area contributed by atoms with Gasteiger partial charge < -0.3 is 4.74 Å². The molecule has 0 amide bonds. The Balaban J connectivity index is 1.81. The molecular formula is C17H16N2O3S2. The zero-order valence-corrected chi connectivity index (χ0v) is 14.8. The fraction of sp³-hybridized carbons (Fsp3) is 0.118. The highest BCUT2D eigenvalue weighted by molar-refractivity contribution is 7.93. The van der Waals surface area contributed by atoms with Crippen molar-refractivity contribution in [3.63, 3.8) is 0 Å². The molecule has 0 spiro atoms. The number of hydrogen-bond acceptors (Lipinski definition) is 5. The van der Waals surface area contributed by atoms with Gasteiger partial charge in [0.1, 0.15) is 5.75 Å². The number of aromatic nitrogens is 1. The van der Waals surface area contributed by atoms with Gasteiger partial charge in [0.15, 0.2) is 5.13 Å². The van der Waals surface area contributed by atoms with Gasteiger partial charge in [-0.2, -0.15) is 0 Å². The van der Waals surface area contributed by atoms with E-state index in [0.29, 0.717) is 10.9 Å². The zero-order valence-electron chi connectivity index (χ0n) is 13.2. The van der Waals surface area contributed by atoms with Crippen LogP contribution in [0.5, 0.6) is 5.75 Å². The fourth-order valence-corrected chi connectivity index (χ4v) is 4.08. The number of nitrogens with one attached hydrogen (secondary N) is 1. The molecule has 2 aromatic carbocycles. The van der Waals surface area contributed by atoms with Crippen molar-refractivity contribution in [1.29, 1.82) is 0 Å². The van der Waals surface area contributed by atoms with Crippen molar-refractivity contribution in [1.82, 2.24) is 4.98 Å². The van der Waals surface area contributed by atoms with E-state index in [1.807, 2.05) is 36.6 Å². The summed E-state index contributed by atoms with van der Waals surface area (Å²) < 4.78 is 32.4. The summed E-state index contributed by atoms with van der Waals surface area (Å²) in [6, 6.07) is 14.1. The van der Waals surface area contributed by atoms with Gasteiger partial charge in [0.05, 0.1) is 17.7 Å². The van der Waals surface area contributed by atoms with E-state index in [-0.39, 0.29) is 4.90 Å². The van der Waals surface area contributed by atoms with Gasteiger partial charge in [-0.3, -0.25) is 4.72 Å². The maximum absolute atomic E-state index is 12.4. The summed E-state index contributed by atoms with van der Waals surface area (Å²) in [6.45, 7) is 2.01. The molecule has 24 heavy (non-hydrogen) atoms. The third kappa shape index (κ3) is 3.58. The molecule has 0 aliphatic heterocycles. The van der Waals surface area contributed by atoms with Crippen molar-refractivity contribution < 1.29 is 13.2 Å². The van der Waals surface area contributed by atoms with Crippen LogP contribution in [0.2, 0.25) is 0 Å². The minimum atomic E-state index is -3.67. The monoisotopic (exact) mass is 360 g/mol. The normalized spacial score (nSPS) is 11.2. The van der Waals surface area contributed by atoms with Crippen LogP contribution in [0.4, 0.5) is 5.13 Å². The molecule has 0 aliphatic rings. The first-order valence-corrected chi connectivity index (χ1v) is 9.54. The SMILES string of the molecule is COc1ccc(S(=O)(=O)Nc2nc(-c3ccc(C)cc3)cs2)cc1. The lowest BCUT2D eigenvalue weighted by Gasteiger charge is -2.06. The first-order valence-electron chi connectivity index (χ1n) is 7.17. The number of anilines is 1. The summed E-state index contributed by atoms with van der Waals surface area (Å²) in [5, 5.41) is 2.16. The minimum absolute atomic E-state index is 0.162. The number of benzene rings is 2. The van der Waals surface area contributed by atoms with E-state index in [4.69, 9.17) is 4.74 Å². The van der Waals surface area contributed by atoms with Crippen LogP contribution in [0.25, 0.3) is 11.3 Å². The second-order valence-electron chi connectivity index (χ2n) is 5.18. The molecule has 0 aliphatic carbocycles. The maximum Gasteiger partial charge on any atom is 0.263 e. The van der Waals surface area contributed by atoms with Gasteiger partial charge in [0.2, 0.25) is 0 Å². The highest BCUT2D eigenvalue weighted by Gasteiger charge is 2.16. The first kappa shape index (κ1) is 16.5. The summed E-state index contributed by atoms with van der Waals surface area (Å²) in [5.41, 5.74) is 2.86. The number of sulfonamides is 1. The van der Waals surface area contributed by atoms with Gasteiger partial charge in [0.25, 0.3) is 10.0 Å². The minimum Gasteiger partial charge on any atom is -0.497 e. The molecule has 0 saturated carbocycles.